The lowest BCUT2D eigenvalue weighted by Gasteiger charge is -2.30. The van der Waals surface area contributed by atoms with Gasteiger partial charge in [-0.3, -0.25) is 4.79 Å². The normalized spacial score (nSPS) is 15.1. The SMILES string of the molecule is CC(C)c1noc(Cc2ccc(NC(=O)N3CCC(C(=O)O)CC3)cc2)n1. The van der Waals surface area contributed by atoms with E-state index in [1.165, 1.54) is 0 Å². The molecule has 1 fully saturated rings. The third-order valence-corrected chi connectivity index (χ3v) is 4.69. The molecule has 1 aliphatic rings. The molecule has 0 bridgehead atoms. The van der Waals surface area contributed by atoms with Crippen molar-refractivity contribution in [3.05, 3.63) is 41.5 Å². The van der Waals surface area contributed by atoms with Crippen molar-refractivity contribution >= 4 is 17.7 Å². The molecule has 2 heterocycles. The van der Waals surface area contributed by atoms with Crippen LogP contribution in [0.1, 0.15) is 49.9 Å². The van der Waals surface area contributed by atoms with Crippen LogP contribution in [0.5, 0.6) is 0 Å². The molecule has 2 amide bonds. The number of aromatic nitrogens is 2. The number of carbonyl (C=O) groups is 2. The van der Waals surface area contributed by atoms with Crippen molar-refractivity contribution in [2.45, 2.75) is 39.0 Å². The van der Waals surface area contributed by atoms with Crippen LogP contribution in [0.25, 0.3) is 0 Å². The Morgan fingerprint density at radius 3 is 2.48 bits per heavy atom. The van der Waals surface area contributed by atoms with E-state index >= 15 is 0 Å². The van der Waals surface area contributed by atoms with Crippen LogP contribution in [0.2, 0.25) is 0 Å². The van der Waals surface area contributed by atoms with Gasteiger partial charge in [-0.15, -0.1) is 0 Å². The molecule has 144 valence electrons. The van der Waals surface area contributed by atoms with Gasteiger partial charge < -0.3 is 19.8 Å². The topological polar surface area (TPSA) is 109 Å². The highest BCUT2D eigenvalue weighted by Gasteiger charge is 2.26. The molecule has 0 spiro atoms. The smallest absolute Gasteiger partial charge is 0.321 e. The van der Waals surface area contributed by atoms with Crippen molar-refractivity contribution in [1.29, 1.82) is 0 Å². The third-order valence-electron chi connectivity index (χ3n) is 4.69. The maximum absolute atomic E-state index is 12.3. The number of hydrogen-bond donors (Lipinski definition) is 2. The predicted octanol–water partition coefficient (Wildman–Crippen LogP) is 3.11. The van der Waals surface area contributed by atoms with E-state index in [0.29, 0.717) is 49.8 Å². The molecular formula is C19H24N4O4. The minimum absolute atomic E-state index is 0.204. The fourth-order valence-corrected chi connectivity index (χ4v) is 2.99. The molecule has 8 heteroatoms. The van der Waals surface area contributed by atoms with Gasteiger partial charge in [-0.2, -0.15) is 4.98 Å². The van der Waals surface area contributed by atoms with Crippen LogP contribution >= 0.6 is 0 Å². The van der Waals surface area contributed by atoms with Crippen molar-refractivity contribution in [2.75, 3.05) is 18.4 Å². The second-order valence-electron chi connectivity index (χ2n) is 7.10. The number of benzene rings is 1. The lowest BCUT2D eigenvalue weighted by Crippen LogP contribution is -2.42. The van der Waals surface area contributed by atoms with Gasteiger partial charge in [0.25, 0.3) is 0 Å². The maximum Gasteiger partial charge on any atom is 0.321 e. The zero-order valence-corrected chi connectivity index (χ0v) is 15.5. The number of piperidine rings is 1. The number of urea groups is 1. The molecule has 0 saturated carbocycles. The fraction of sp³-hybridized carbons (Fsp3) is 0.474. The van der Waals surface area contributed by atoms with Gasteiger partial charge in [0.2, 0.25) is 5.89 Å². The Morgan fingerprint density at radius 2 is 1.93 bits per heavy atom. The first kappa shape index (κ1) is 18.9. The van der Waals surface area contributed by atoms with Crippen LogP contribution in [0.4, 0.5) is 10.5 Å². The summed E-state index contributed by atoms with van der Waals surface area (Å²) in [6, 6.07) is 7.27. The minimum Gasteiger partial charge on any atom is -0.481 e. The summed E-state index contributed by atoms with van der Waals surface area (Å²) in [5.74, 6) is 0.347. The molecular weight excluding hydrogens is 348 g/mol. The molecule has 0 unspecified atom stereocenters. The molecule has 1 aromatic carbocycles. The van der Waals surface area contributed by atoms with Gasteiger partial charge in [0.05, 0.1) is 12.3 Å². The number of amides is 2. The van der Waals surface area contributed by atoms with E-state index in [0.717, 1.165) is 5.56 Å². The molecule has 0 aliphatic carbocycles. The van der Waals surface area contributed by atoms with E-state index in [1.807, 2.05) is 38.1 Å². The van der Waals surface area contributed by atoms with E-state index in [-0.39, 0.29) is 17.9 Å². The highest BCUT2D eigenvalue weighted by Crippen LogP contribution is 2.19. The number of carboxylic acids is 1. The summed E-state index contributed by atoms with van der Waals surface area (Å²) in [5, 5.41) is 15.8. The quantitative estimate of drug-likeness (QED) is 0.835. The zero-order chi connectivity index (χ0) is 19.4. The van der Waals surface area contributed by atoms with Crippen LogP contribution in [0.15, 0.2) is 28.8 Å². The molecule has 3 rings (SSSR count). The van der Waals surface area contributed by atoms with Crippen molar-refractivity contribution in [3.8, 4) is 0 Å². The Hall–Kier alpha value is -2.90. The second-order valence-corrected chi connectivity index (χ2v) is 7.10. The van der Waals surface area contributed by atoms with Gasteiger partial charge in [0.1, 0.15) is 0 Å². The molecule has 1 aliphatic heterocycles. The highest BCUT2D eigenvalue weighted by molar-refractivity contribution is 5.89. The Balaban J connectivity index is 1.52. The summed E-state index contributed by atoms with van der Waals surface area (Å²) in [7, 11) is 0. The Morgan fingerprint density at radius 1 is 1.26 bits per heavy atom. The average Bonchev–Trinajstić information content (AvgIpc) is 3.12. The first-order valence-corrected chi connectivity index (χ1v) is 9.12. The van der Waals surface area contributed by atoms with E-state index in [9.17, 15) is 9.59 Å². The molecule has 0 atom stereocenters. The van der Waals surface area contributed by atoms with Crippen LogP contribution < -0.4 is 5.32 Å². The first-order valence-electron chi connectivity index (χ1n) is 9.12. The summed E-state index contributed by atoms with van der Waals surface area (Å²) in [6.45, 7) is 4.93. The number of nitrogens with one attached hydrogen (secondary N) is 1. The average molecular weight is 372 g/mol. The number of carbonyl (C=O) groups excluding carboxylic acids is 1. The summed E-state index contributed by atoms with van der Waals surface area (Å²) in [5.41, 5.74) is 1.70. The van der Waals surface area contributed by atoms with Gasteiger partial charge in [-0.1, -0.05) is 31.1 Å². The number of anilines is 1. The number of hydrogen-bond acceptors (Lipinski definition) is 5. The van der Waals surface area contributed by atoms with E-state index < -0.39 is 5.97 Å². The zero-order valence-electron chi connectivity index (χ0n) is 15.5. The summed E-state index contributed by atoms with van der Waals surface area (Å²) in [4.78, 5) is 29.3. The van der Waals surface area contributed by atoms with Crippen molar-refractivity contribution < 1.29 is 19.2 Å². The Bertz CT molecular complexity index is 792. The molecule has 0 radical (unpaired) electrons. The van der Waals surface area contributed by atoms with E-state index in [1.54, 1.807) is 4.90 Å². The van der Waals surface area contributed by atoms with E-state index in [4.69, 9.17) is 9.63 Å². The Kier molecular flexibility index (Phi) is 5.73. The van der Waals surface area contributed by atoms with Crippen LogP contribution in [0, 0.1) is 5.92 Å². The molecule has 1 saturated heterocycles. The standard InChI is InChI=1S/C19H24N4O4/c1-12(2)17-21-16(27-22-17)11-13-3-5-15(6-4-13)20-19(26)23-9-7-14(8-10-23)18(24)25/h3-6,12,14H,7-11H2,1-2H3,(H,20,26)(H,24,25). The summed E-state index contributed by atoms with van der Waals surface area (Å²) >= 11 is 0. The molecule has 2 N–H and O–H groups in total. The summed E-state index contributed by atoms with van der Waals surface area (Å²) < 4.78 is 5.25. The lowest BCUT2D eigenvalue weighted by molar-refractivity contribution is -0.143. The monoisotopic (exact) mass is 372 g/mol. The third kappa shape index (κ3) is 4.84. The Labute approximate surface area is 157 Å². The predicted molar refractivity (Wildman–Crippen MR) is 98.6 cm³/mol. The molecule has 2 aromatic rings. The second kappa shape index (κ2) is 8.20. The number of nitrogens with zero attached hydrogens (tertiary/aromatic N) is 3. The minimum atomic E-state index is -0.785. The van der Waals surface area contributed by atoms with Crippen molar-refractivity contribution in [3.63, 3.8) is 0 Å². The van der Waals surface area contributed by atoms with Crippen LogP contribution in [-0.4, -0.2) is 45.2 Å². The largest absolute Gasteiger partial charge is 0.481 e. The number of aliphatic carboxylic acids is 1. The van der Waals surface area contributed by atoms with Gasteiger partial charge in [-0.25, -0.2) is 4.79 Å². The molecule has 1 aromatic heterocycles. The lowest BCUT2D eigenvalue weighted by atomic mass is 9.97. The van der Waals surface area contributed by atoms with Crippen molar-refractivity contribution in [2.24, 2.45) is 5.92 Å². The van der Waals surface area contributed by atoms with Gasteiger partial charge >= 0.3 is 12.0 Å². The van der Waals surface area contributed by atoms with Crippen LogP contribution in [0.3, 0.4) is 0 Å². The van der Waals surface area contributed by atoms with Gasteiger partial charge in [-0.05, 0) is 30.5 Å². The summed E-state index contributed by atoms with van der Waals surface area (Å²) in [6.07, 6.45) is 1.52. The molecule has 8 nitrogen and oxygen atoms in total. The maximum atomic E-state index is 12.3. The van der Waals surface area contributed by atoms with Crippen molar-refractivity contribution in [1.82, 2.24) is 15.0 Å². The highest BCUT2D eigenvalue weighted by atomic mass is 16.5. The van der Waals surface area contributed by atoms with Crippen LogP contribution in [-0.2, 0) is 11.2 Å². The fourth-order valence-electron chi connectivity index (χ4n) is 2.99. The van der Waals surface area contributed by atoms with Gasteiger partial charge in [0, 0.05) is 24.7 Å². The number of likely N-dealkylation sites (tertiary alicyclic amines) is 1. The van der Waals surface area contributed by atoms with Gasteiger partial charge in [0.15, 0.2) is 5.82 Å². The number of rotatable bonds is 5. The molecule has 27 heavy (non-hydrogen) atoms. The first-order chi connectivity index (χ1) is 12.9. The van der Waals surface area contributed by atoms with E-state index in [2.05, 4.69) is 15.5 Å². The number of carboxylic acid groups (broad SMARTS) is 1.